The fraction of sp³-hybridized carbons (Fsp3) is 0.231. The highest BCUT2D eigenvalue weighted by molar-refractivity contribution is 5.39. The largest absolute Gasteiger partial charge is 0.439 e. The van der Waals surface area contributed by atoms with Gasteiger partial charge in [0.25, 0.3) is 0 Å². The van der Waals surface area contributed by atoms with Crippen LogP contribution in [0.1, 0.15) is 11.4 Å². The fourth-order valence-electron chi connectivity index (χ4n) is 1.45. The Balaban J connectivity index is 2.23. The van der Waals surface area contributed by atoms with E-state index in [1.54, 1.807) is 6.07 Å². The van der Waals surface area contributed by atoms with Crippen LogP contribution < -0.4 is 10.1 Å². The molecule has 0 aliphatic rings. The van der Waals surface area contributed by atoms with Crippen molar-refractivity contribution >= 4 is 5.82 Å². The Hall–Kier alpha value is -2.10. The van der Waals surface area contributed by atoms with Crippen molar-refractivity contribution in [2.75, 3.05) is 12.4 Å². The second-order valence-corrected chi connectivity index (χ2v) is 3.80. The molecule has 0 bridgehead atoms. The van der Waals surface area contributed by atoms with Gasteiger partial charge in [0.1, 0.15) is 17.4 Å². The molecule has 88 valence electrons. The number of nitrogens with zero attached hydrogens (tertiary/aromatic N) is 2. The van der Waals surface area contributed by atoms with Crippen molar-refractivity contribution in [2.45, 2.75) is 13.8 Å². The Bertz CT molecular complexity index is 509. The van der Waals surface area contributed by atoms with E-state index >= 15 is 0 Å². The molecule has 2 aromatic rings. The molecule has 0 saturated carbocycles. The van der Waals surface area contributed by atoms with Crippen molar-refractivity contribution < 1.29 is 4.74 Å². The first-order valence-electron chi connectivity index (χ1n) is 5.45. The maximum Gasteiger partial charge on any atom is 0.224 e. The average Bonchev–Trinajstić information content (AvgIpc) is 2.31. The van der Waals surface area contributed by atoms with Crippen molar-refractivity contribution in [1.29, 1.82) is 0 Å². The Labute approximate surface area is 101 Å². The van der Waals surface area contributed by atoms with Gasteiger partial charge < -0.3 is 10.1 Å². The lowest BCUT2D eigenvalue weighted by molar-refractivity contribution is 0.460. The second-order valence-electron chi connectivity index (χ2n) is 3.80. The number of benzene rings is 1. The summed E-state index contributed by atoms with van der Waals surface area (Å²) in [5.74, 6) is 2.75. The number of ether oxygens (including phenoxy) is 1. The quantitative estimate of drug-likeness (QED) is 0.879. The predicted octanol–water partition coefficient (Wildman–Crippen LogP) is 2.93. The van der Waals surface area contributed by atoms with Crippen LogP contribution in [-0.2, 0) is 0 Å². The summed E-state index contributed by atoms with van der Waals surface area (Å²) in [5, 5.41) is 2.97. The predicted molar refractivity (Wildman–Crippen MR) is 67.6 cm³/mol. The number of hydrogen-bond acceptors (Lipinski definition) is 4. The van der Waals surface area contributed by atoms with E-state index in [0.717, 1.165) is 11.6 Å². The van der Waals surface area contributed by atoms with Crippen LogP contribution in [0.4, 0.5) is 5.82 Å². The van der Waals surface area contributed by atoms with Gasteiger partial charge in [-0.05, 0) is 26.0 Å². The number of aryl methyl sites for hydroxylation is 2. The lowest BCUT2D eigenvalue weighted by Gasteiger charge is -2.07. The van der Waals surface area contributed by atoms with Crippen LogP contribution in [0.5, 0.6) is 11.6 Å². The highest BCUT2D eigenvalue weighted by Gasteiger charge is 2.02. The molecule has 1 aromatic heterocycles. The van der Waals surface area contributed by atoms with Gasteiger partial charge in [0, 0.05) is 13.1 Å². The molecule has 17 heavy (non-hydrogen) atoms. The van der Waals surface area contributed by atoms with Gasteiger partial charge in [-0.1, -0.05) is 17.7 Å². The summed E-state index contributed by atoms with van der Waals surface area (Å²) < 4.78 is 5.67. The first-order valence-corrected chi connectivity index (χ1v) is 5.45. The van der Waals surface area contributed by atoms with Gasteiger partial charge >= 0.3 is 0 Å². The Morgan fingerprint density at radius 1 is 1.06 bits per heavy atom. The SMILES string of the molecule is CNc1cc(Oc2ccc(C)cc2)nc(C)n1. The third-order valence-corrected chi connectivity index (χ3v) is 2.31. The monoisotopic (exact) mass is 229 g/mol. The molecule has 0 aliphatic heterocycles. The molecule has 4 nitrogen and oxygen atoms in total. The molecule has 1 N–H and O–H groups in total. The molecule has 0 spiro atoms. The standard InChI is InChI=1S/C13H15N3O/c1-9-4-6-11(7-5-9)17-13-8-12(14-3)15-10(2)16-13/h4-8H,1-3H3,(H,14,15,16). The second kappa shape index (κ2) is 4.82. The van der Waals surface area contributed by atoms with Crippen molar-refractivity contribution in [3.05, 3.63) is 41.7 Å². The molecular weight excluding hydrogens is 214 g/mol. The summed E-state index contributed by atoms with van der Waals surface area (Å²) in [6, 6.07) is 9.62. The maximum absolute atomic E-state index is 5.67. The van der Waals surface area contributed by atoms with Crippen molar-refractivity contribution in [1.82, 2.24) is 9.97 Å². The lowest BCUT2D eigenvalue weighted by atomic mass is 10.2. The Kier molecular flexibility index (Phi) is 3.23. The minimum Gasteiger partial charge on any atom is -0.439 e. The smallest absolute Gasteiger partial charge is 0.224 e. The van der Waals surface area contributed by atoms with Gasteiger partial charge in [-0.3, -0.25) is 0 Å². The third kappa shape index (κ3) is 2.93. The highest BCUT2D eigenvalue weighted by atomic mass is 16.5. The number of nitrogens with one attached hydrogen (secondary N) is 1. The average molecular weight is 229 g/mol. The van der Waals surface area contributed by atoms with Crippen LogP contribution >= 0.6 is 0 Å². The van der Waals surface area contributed by atoms with Gasteiger partial charge in [0.2, 0.25) is 5.88 Å². The fourth-order valence-corrected chi connectivity index (χ4v) is 1.45. The van der Waals surface area contributed by atoms with Gasteiger partial charge in [-0.25, -0.2) is 4.98 Å². The van der Waals surface area contributed by atoms with Crippen LogP contribution in [0.25, 0.3) is 0 Å². The van der Waals surface area contributed by atoms with Crippen LogP contribution in [0.15, 0.2) is 30.3 Å². The van der Waals surface area contributed by atoms with Crippen molar-refractivity contribution in [3.8, 4) is 11.6 Å². The van der Waals surface area contributed by atoms with E-state index in [4.69, 9.17) is 4.74 Å². The van der Waals surface area contributed by atoms with Crippen molar-refractivity contribution in [2.24, 2.45) is 0 Å². The molecule has 4 heteroatoms. The summed E-state index contributed by atoms with van der Waals surface area (Å²) in [6.07, 6.45) is 0. The normalized spacial score (nSPS) is 10.1. The van der Waals surface area contributed by atoms with Gasteiger partial charge in [-0.15, -0.1) is 0 Å². The van der Waals surface area contributed by atoms with Gasteiger partial charge in [-0.2, -0.15) is 4.98 Å². The molecular formula is C13H15N3O. The first-order chi connectivity index (χ1) is 8.17. The summed E-state index contributed by atoms with van der Waals surface area (Å²) >= 11 is 0. The van der Waals surface area contributed by atoms with Gasteiger partial charge in [0.15, 0.2) is 0 Å². The zero-order chi connectivity index (χ0) is 12.3. The summed E-state index contributed by atoms with van der Waals surface area (Å²) in [4.78, 5) is 8.43. The molecule has 0 saturated heterocycles. The Morgan fingerprint density at radius 3 is 2.41 bits per heavy atom. The molecule has 2 rings (SSSR count). The molecule has 0 fully saturated rings. The first kappa shape index (κ1) is 11.4. The molecule has 0 radical (unpaired) electrons. The number of hydrogen-bond donors (Lipinski definition) is 1. The molecule has 1 aromatic carbocycles. The van der Waals surface area contributed by atoms with Crippen LogP contribution in [-0.4, -0.2) is 17.0 Å². The molecule has 0 unspecified atom stereocenters. The maximum atomic E-state index is 5.67. The van der Waals surface area contributed by atoms with E-state index in [-0.39, 0.29) is 0 Å². The van der Waals surface area contributed by atoms with E-state index in [1.807, 2.05) is 45.2 Å². The van der Waals surface area contributed by atoms with Crippen molar-refractivity contribution in [3.63, 3.8) is 0 Å². The molecule has 0 aliphatic carbocycles. The zero-order valence-corrected chi connectivity index (χ0v) is 10.2. The Morgan fingerprint density at radius 2 is 1.76 bits per heavy atom. The molecule has 1 heterocycles. The number of aromatic nitrogens is 2. The van der Waals surface area contributed by atoms with E-state index < -0.39 is 0 Å². The van der Waals surface area contributed by atoms with Crippen LogP contribution in [0, 0.1) is 13.8 Å². The third-order valence-electron chi connectivity index (χ3n) is 2.31. The number of rotatable bonds is 3. The minimum atomic E-state index is 0.547. The lowest BCUT2D eigenvalue weighted by Crippen LogP contribution is -1.98. The molecule has 0 amide bonds. The minimum absolute atomic E-state index is 0.547. The van der Waals surface area contributed by atoms with Gasteiger partial charge in [0.05, 0.1) is 0 Å². The zero-order valence-electron chi connectivity index (χ0n) is 10.2. The molecule has 0 atom stereocenters. The topological polar surface area (TPSA) is 47.0 Å². The van der Waals surface area contributed by atoms with Crippen LogP contribution in [0.2, 0.25) is 0 Å². The summed E-state index contributed by atoms with van der Waals surface area (Å²) in [6.45, 7) is 3.88. The highest BCUT2D eigenvalue weighted by Crippen LogP contribution is 2.21. The number of anilines is 1. The van der Waals surface area contributed by atoms with E-state index in [9.17, 15) is 0 Å². The van der Waals surface area contributed by atoms with E-state index in [0.29, 0.717) is 11.7 Å². The van der Waals surface area contributed by atoms with Crippen LogP contribution in [0.3, 0.4) is 0 Å². The van der Waals surface area contributed by atoms with E-state index in [1.165, 1.54) is 5.56 Å². The summed E-state index contributed by atoms with van der Waals surface area (Å²) in [5.41, 5.74) is 1.20. The summed E-state index contributed by atoms with van der Waals surface area (Å²) in [7, 11) is 1.82. The van der Waals surface area contributed by atoms with E-state index in [2.05, 4.69) is 15.3 Å².